The van der Waals surface area contributed by atoms with Crippen LogP contribution in [0.5, 0.6) is 5.88 Å². The highest BCUT2D eigenvalue weighted by atomic mass is 19.4. The molecule has 0 fully saturated rings. The van der Waals surface area contributed by atoms with E-state index < -0.39 is 30.2 Å². The fraction of sp³-hybridized carbons (Fsp3) is 0.190. The van der Waals surface area contributed by atoms with Crippen molar-refractivity contribution in [1.29, 1.82) is 0 Å². The van der Waals surface area contributed by atoms with E-state index in [0.29, 0.717) is 17.2 Å². The third-order valence-electron chi connectivity index (χ3n) is 4.40. The molecule has 0 radical (unpaired) electrons. The summed E-state index contributed by atoms with van der Waals surface area (Å²) in [5.74, 6) is -1.50. The maximum absolute atomic E-state index is 13.3. The van der Waals surface area contributed by atoms with Crippen molar-refractivity contribution in [3.63, 3.8) is 0 Å². The SMILES string of the molecule is COc1ncccc1-c1ccncc1N(CC(N)=O)C(=O)c1cc(C)nc(C(F)(F)F)c1. The van der Waals surface area contributed by atoms with E-state index >= 15 is 0 Å². The molecule has 32 heavy (non-hydrogen) atoms. The molecule has 0 saturated heterocycles. The summed E-state index contributed by atoms with van der Waals surface area (Å²) >= 11 is 0. The molecule has 3 aromatic heterocycles. The van der Waals surface area contributed by atoms with Gasteiger partial charge in [0.2, 0.25) is 11.8 Å². The summed E-state index contributed by atoms with van der Waals surface area (Å²) in [4.78, 5) is 37.6. The second-order valence-electron chi connectivity index (χ2n) is 6.69. The Morgan fingerprint density at radius 2 is 1.91 bits per heavy atom. The summed E-state index contributed by atoms with van der Waals surface area (Å²) in [6.07, 6.45) is -0.482. The van der Waals surface area contributed by atoms with Gasteiger partial charge in [-0.25, -0.2) is 9.97 Å². The van der Waals surface area contributed by atoms with Crippen LogP contribution in [0.25, 0.3) is 11.1 Å². The van der Waals surface area contributed by atoms with Crippen molar-refractivity contribution in [2.24, 2.45) is 5.73 Å². The minimum atomic E-state index is -4.75. The van der Waals surface area contributed by atoms with Crippen LogP contribution in [-0.4, -0.2) is 40.4 Å². The van der Waals surface area contributed by atoms with Crippen LogP contribution in [0.2, 0.25) is 0 Å². The lowest BCUT2D eigenvalue weighted by Gasteiger charge is -2.24. The fourth-order valence-corrected chi connectivity index (χ4v) is 3.10. The Labute approximate surface area is 180 Å². The number of hydrogen-bond acceptors (Lipinski definition) is 6. The van der Waals surface area contributed by atoms with Crippen LogP contribution in [0.15, 0.2) is 48.9 Å². The number of carbonyl (C=O) groups is 2. The number of alkyl halides is 3. The van der Waals surface area contributed by atoms with Gasteiger partial charge in [-0.15, -0.1) is 0 Å². The number of anilines is 1. The van der Waals surface area contributed by atoms with Gasteiger partial charge in [-0.1, -0.05) is 0 Å². The Bertz CT molecular complexity index is 1170. The molecule has 3 rings (SSSR count). The second kappa shape index (κ2) is 9.00. The van der Waals surface area contributed by atoms with Gasteiger partial charge in [0.05, 0.1) is 19.0 Å². The van der Waals surface area contributed by atoms with Crippen LogP contribution in [0.3, 0.4) is 0 Å². The number of ether oxygens (including phenoxy) is 1. The normalized spacial score (nSPS) is 11.2. The number of pyridine rings is 3. The van der Waals surface area contributed by atoms with Crippen LogP contribution in [-0.2, 0) is 11.0 Å². The maximum atomic E-state index is 13.3. The number of methoxy groups -OCH3 is 1. The van der Waals surface area contributed by atoms with Crippen LogP contribution in [0.1, 0.15) is 21.7 Å². The summed E-state index contributed by atoms with van der Waals surface area (Å²) in [6.45, 7) is 0.739. The third-order valence-corrected chi connectivity index (χ3v) is 4.40. The molecule has 3 aromatic rings. The van der Waals surface area contributed by atoms with Crippen molar-refractivity contribution < 1.29 is 27.5 Å². The zero-order chi connectivity index (χ0) is 23.5. The first-order valence-corrected chi connectivity index (χ1v) is 9.21. The first-order valence-electron chi connectivity index (χ1n) is 9.21. The minimum Gasteiger partial charge on any atom is -0.481 e. The highest BCUT2D eigenvalue weighted by molar-refractivity contribution is 6.10. The number of hydrogen-bond donors (Lipinski definition) is 1. The van der Waals surface area contributed by atoms with Crippen molar-refractivity contribution >= 4 is 17.5 Å². The van der Waals surface area contributed by atoms with Gasteiger partial charge in [0.15, 0.2) is 0 Å². The van der Waals surface area contributed by atoms with Crippen LogP contribution < -0.4 is 15.4 Å². The number of nitrogens with zero attached hydrogens (tertiary/aromatic N) is 4. The van der Waals surface area contributed by atoms with E-state index in [1.165, 1.54) is 38.7 Å². The van der Waals surface area contributed by atoms with E-state index in [4.69, 9.17) is 10.5 Å². The van der Waals surface area contributed by atoms with E-state index in [9.17, 15) is 22.8 Å². The monoisotopic (exact) mass is 445 g/mol. The summed E-state index contributed by atoms with van der Waals surface area (Å²) in [5, 5.41) is 0. The van der Waals surface area contributed by atoms with Crippen LogP contribution >= 0.6 is 0 Å². The van der Waals surface area contributed by atoms with E-state index in [0.717, 1.165) is 4.90 Å². The molecule has 0 aromatic carbocycles. The van der Waals surface area contributed by atoms with Crippen molar-refractivity contribution in [2.75, 3.05) is 18.6 Å². The Morgan fingerprint density at radius 3 is 2.56 bits per heavy atom. The van der Waals surface area contributed by atoms with Gasteiger partial charge in [0.1, 0.15) is 12.2 Å². The molecular weight excluding hydrogens is 427 g/mol. The first-order chi connectivity index (χ1) is 15.1. The predicted molar refractivity (Wildman–Crippen MR) is 109 cm³/mol. The topological polar surface area (TPSA) is 111 Å². The molecule has 3 heterocycles. The number of aryl methyl sites for hydroxylation is 1. The third kappa shape index (κ3) is 4.82. The van der Waals surface area contributed by atoms with Gasteiger partial charge in [0, 0.05) is 34.8 Å². The van der Waals surface area contributed by atoms with E-state index in [-0.39, 0.29) is 22.8 Å². The van der Waals surface area contributed by atoms with Crippen molar-refractivity contribution in [3.8, 4) is 17.0 Å². The number of amides is 2. The molecule has 0 spiro atoms. The highest BCUT2D eigenvalue weighted by Gasteiger charge is 2.34. The lowest BCUT2D eigenvalue weighted by Crippen LogP contribution is -2.39. The van der Waals surface area contributed by atoms with Gasteiger partial charge in [-0.3, -0.25) is 19.5 Å². The van der Waals surface area contributed by atoms with E-state index in [2.05, 4.69) is 15.0 Å². The standard InChI is InChI=1S/C21H18F3N5O3/c1-12-8-13(9-17(28-12)21(22,23)24)20(31)29(11-18(25)30)16-10-26-7-5-14(16)15-4-3-6-27-19(15)32-2/h3-10H,11H2,1-2H3,(H2,25,30). The van der Waals surface area contributed by atoms with Gasteiger partial charge in [0.25, 0.3) is 5.91 Å². The van der Waals surface area contributed by atoms with Crippen molar-refractivity contribution in [1.82, 2.24) is 15.0 Å². The summed E-state index contributed by atoms with van der Waals surface area (Å²) in [5.41, 5.74) is 4.84. The number of carbonyl (C=O) groups excluding carboxylic acids is 2. The van der Waals surface area contributed by atoms with Crippen LogP contribution in [0.4, 0.5) is 18.9 Å². The first kappa shape index (κ1) is 22.7. The molecule has 0 aliphatic rings. The summed E-state index contributed by atoms with van der Waals surface area (Å²) < 4.78 is 44.9. The molecule has 8 nitrogen and oxygen atoms in total. The minimum absolute atomic E-state index is 0.0115. The smallest absolute Gasteiger partial charge is 0.433 e. The quantitative estimate of drug-likeness (QED) is 0.624. The molecule has 11 heteroatoms. The van der Waals surface area contributed by atoms with E-state index in [1.54, 1.807) is 18.2 Å². The lowest BCUT2D eigenvalue weighted by molar-refractivity contribution is -0.141. The molecule has 166 valence electrons. The Hall–Kier alpha value is -4.02. The largest absolute Gasteiger partial charge is 0.481 e. The van der Waals surface area contributed by atoms with E-state index in [1.807, 2.05) is 0 Å². The summed E-state index contributed by atoms with van der Waals surface area (Å²) in [7, 11) is 1.41. The van der Waals surface area contributed by atoms with Crippen molar-refractivity contribution in [2.45, 2.75) is 13.1 Å². The fourth-order valence-electron chi connectivity index (χ4n) is 3.10. The molecule has 0 saturated carbocycles. The van der Waals surface area contributed by atoms with Gasteiger partial charge < -0.3 is 10.5 Å². The predicted octanol–water partition coefficient (Wildman–Crippen LogP) is 3.01. The molecule has 2 amide bonds. The molecule has 0 aliphatic carbocycles. The molecule has 0 aliphatic heterocycles. The van der Waals surface area contributed by atoms with Gasteiger partial charge >= 0.3 is 6.18 Å². The molecule has 0 bridgehead atoms. The average Bonchev–Trinajstić information content (AvgIpc) is 2.76. The van der Waals surface area contributed by atoms with Gasteiger partial charge in [-0.05, 0) is 37.3 Å². The number of primary amides is 1. The molecule has 0 atom stereocenters. The molecule has 2 N–H and O–H groups in total. The number of nitrogens with two attached hydrogens (primary N) is 1. The Balaban J connectivity index is 2.17. The average molecular weight is 445 g/mol. The Morgan fingerprint density at radius 1 is 1.16 bits per heavy atom. The van der Waals surface area contributed by atoms with Gasteiger partial charge in [-0.2, -0.15) is 13.2 Å². The highest BCUT2D eigenvalue weighted by Crippen LogP contribution is 2.36. The zero-order valence-electron chi connectivity index (χ0n) is 17.1. The maximum Gasteiger partial charge on any atom is 0.433 e. The Kier molecular flexibility index (Phi) is 6.37. The number of aromatic nitrogens is 3. The lowest BCUT2D eigenvalue weighted by atomic mass is 10.0. The molecular formula is C21H18F3N5O3. The van der Waals surface area contributed by atoms with Crippen LogP contribution in [0, 0.1) is 6.92 Å². The number of rotatable bonds is 6. The zero-order valence-corrected chi connectivity index (χ0v) is 17.1. The summed E-state index contributed by atoms with van der Waals surface area (Å²) in [6, 6.07) is 6.71. The number of halogens is 3. The van der Waals surface area contributed by atoms with Crippen molar-refractivity contribution in [3.05, 3.63) is 65.9 Å². The molecule has 0 unspecified atom stereocenters. The second-order valence-corrected chi connectivity index (χ2v) is 6.69.